The van der Waals surface area contributed by atoms with Crippen LogP contribution in [0.25, 0.3) is 0 Å². The van der Waals surface area contributed by atoms with Gasteiger partial charge in [-0.2, -0.15) is 0 Å². The van der Waals surface area contributed by atoms with E-state index in [2.05, 4.69) is 15.9 Å². The Morgan fingerprint density at radius 2 is 2.00 bits per heavy atom. The number of benzene rings is 1. The molecule has 1 rings (SSSR count). The molecular formula is C13H18BrNO2. The van der Waals surface area contributed by atoms with Gasteiger partial charge in [0.25, 0.3) is 0 Å². The summed E-state index contributed by atoms with van der Waals surface area (Å²) >= 11 is 3.35. The fraction of sp³-hybridized carbons (Fsp3) is 0.462. The lowest BCUT2D eigenvalue weighted by atomic mass is 9.98. The van der Waals surface area contributed by atoms with Crippen molar-refractivity contribution in [2.45, 2.75) is 38.8 Å². The fourth-order valence-corrected chi connectivity index (χ4v) is 1.78. The van der Waals surface area contributed by atoms with Crippen molar-refractivity contribution in [1.82, 2.24) is 0 Å². The van der Waals surface area contributed by atoms with Crippen molar-refractivity contribution in [2.75, 3.05) is 0 Å². The molecule has 4 heteroatoms. The second-order valence-electron chi connectivity index (χ2n) is 4.37. The molecule has 0 aliphatic heterocycles. The number of nitrogens with two attached hydrogens (primary N) is 1. The monoisotopic (exact) mass is 299 g/mol. The molecule has 0 aliphatic rings. The fourth-order valence-electron chi connectivity index (χ4n) is 1.52. The van der Waals surface area contributed by atoms with Crippen LogP contribution >= 0.6 is 15.9 Å². The van der Waals surface area contributed by atoms with Gasteiger partial charge in [-0.1, -0.05) is 41.4 Å². The summed E-state index contributed by atoms with van der Waals surface area (Å²) in [6, 6.07) is 7.64. The van der Waals surface area contributed by atoms with Gasteiger partial charge in [0.1, 0.15) is 12.1 Å². The summed E-state index contributed by atoms with van der Waals surface area (Å²) in [7, 11) is 0. The van der Waals surface area contributed by atoms with Crippen LogP contribution in [0.3, 0.4) is 0 Å². The van der Waals surface area contributed by atoms with E-state index in [0.29, 0.717) is 6.42 Å². The smallest absolute Gasteiger partial charge is 0.326 e. The highest BCUT2D eigenvalue weighted by molar-refractivity contribution is 9.10. The van der Waals surface area contributed by atoms with Crippen molar-refractivity contribution in [3.8, 4) is 0 Å². The number of carbonyl (C=O) groups is 1. The third-order valence-electron chi connectivity index (χ3n) is 2.52. The van der Waals surface area contributed by atoms with E-state index < -0.39 is 5.54 Å². The zero-order valence-corrected chi connectivity index (χ0v) is 11.8. The SMILES string of the molecule is CCCC(C)(N)C(=O)OCc1ccc(Br)cc1. The predicted octanol–water partition coefficient (Wildman–Crippen LogP) is 3.01. The molecule has 1 aromatic rings. The topological polar surface area (TPSA) is 52.3 Å². The van der Waals surface area contributed by atoms with Gasteiger partial charge in [0, 0.05) is 4.47 Å². The van der Waals surface area contributed by atoms with Gasteiger partial charge in [-0.3, -0.25) is 4.79 Å². The first-order valence-corrected chi connectivity index (χ1v) is 6.45. The lowest BCUT2D eigenvalue weighted by Gasteiger charge is -2.21. The minimum Gasteiger partial charge on any atom is -0.459 e. The Morgan fingerprint density at radius 3 is 2.53 bits per heavy atom. The van der Waals surface area contributed by atoms with Crippen molar-refractivity contribution in [2.24, 2.45) is 5.73 Å². The highest BCUT2D eigenvalue weighted by atomic mass is 79.9. The summed E-state index contributed by atoms with van der Waals surface area (Å²) in [4.78, 5) is 11.7. The Morgan fingerprint density at radius 1 is 1.41 bits per heavy atom. The average Bonchev–Trinajstić information content (AvgIpc) is 2.27. The second-order valence-corrected chi connectivity index (χ2v) is 5.29. The molecule has 1 aromatic carbocycles. The summed E-state index contributed by atoms with van der Waals surface area (Å²) in [5, 5.41) is 0. The molecular weight excluding hydrogens is 282 g/mol. The van der Waals surface area contributed by atoms with Crippen molar-refractivity contribution in [3.63, 3.8) is 0 Å². The highest BCUT2D eigenvalue weighted by Crippen LogP contribution is 2.14. The van der Waals surface area contributed by atoms with Gasteiger partial charge in [-0.15, -0.1) is 0 Å². The molecule has 3 nitrogen and oxygen atoms in total. The van der Waals surface area contributed by atoms with Crippen LogP contribution in [-0.4, -0.2) is 11.5 Å². The highest BCUT2D eigenvalue weighted by Gasteiger charge is 2.28. The molecule has 1 unspecified atom stereocenters. The van der Waals surface area contributed by atoms with Crippen molar-refractivity contribution in [3.05, 3.63) is 34.3 Å². The number of ether oxygens (including phenoxy) is 1. The van der Waals surface area contributed by atoms with E-state index in [1.54, 1.807) is 6.92 Å². The van der Waals surface area contributed by atoms with Crippen LogP contribution in [0, 0.1) is 0 Å². The lowest BCUT2D eigenvalue weighted by Crippen LogP contribution is -2.45. The maximum absolute atomic E-state index is 11.7. The number of hydrogen-bond acceptors (Lipinski definition) is 3. The van der Waals surface area contributed by atoms with E-state index in [1.165, 1.54) is 0 Å². The van der Waals surface area contributed by atoms with Crippen molar-refractivity contribution >= 4 is 21.9 Å². The molecule has 0 saturated heterocycles. The average molecular weight is 300 g/mol. The molecule has 0 bridgehead atoms. The Hall–Kier alpha value is -0.870. The molecule has 0 radical (unpaired) electrons. The molecule has 17 heavy (non-hydrogen) atoms. The number of carbonyl (C=O) groups excluding carboxylic acids is 1. The quantitative estimate of drug-likeness (QED) is 0.850. The predicted molar refractivity (Wildman–Crippen MR) is 71.4 cm³/mol. The maximum Gasteiger partial charge on any atom is 0.326 e. The third kappa shape index (κ3) is 4.48. The van der Waals surface area contributed by atoms with Gasteiger partial charge in [0.15, 0.2) is 0 Å². The molecule has 0 aliphatic carbocycles. The van der Waals surface area contributed by atoms with Gasteiger partial charge in [0.05, 0.1) is 0 Å². The van der Waals surface area contributed by atoms with E-state index in [4.69, 9.17) is 10.5 Å². The van der Waals surface area contributed by atoms with Crippen LogP contribution in [0.5, 0.6) is 0 Å². The largest absolute Gasteiger partial charge is 0.459 e. The molecule has 94 valence electrons. The van der Waals surface area contributed by atoms with E-state index >= 15 is 0 Å². The molecule has 2 N–H and O–H groups in total. The number of hydrogen-bond donors (Lipinski definition) is 1. The normalized spacial score (nSPS) is 14.1. The molecule has 0 aromatic heterocycles. The molecule has 0 spiro atoms. The minimum atomic E-state index is -0.885. The van der Waals surface area contributed by atoms with Gasteiger partial charge in [0.2, 0.25) is 0 Å². The number of halogens is 1. The van der Waals surface area contributed by atoms with Crippen molar-refractivity contribution < 1.29 is 9.53 Å². The van der Waals surface area contributed by atoms with E-state index in [0.717, 1.165) is 16.5 Å². The zero-order chi connectivity index (χ0) is 12.9. The third-order valence-corrected chi connectivity index (χ3v) is 3.05. The van der Waals surface area contributed by atoms with Crippen LogP contribution < -0.4 is 5.73 Å². The maximum atomic E-state index is 11.7. The molecule has 1 atom stereocenters. The molecule has 0 fully saturated rings. The molecule has 0 amide bonds. The Balaban J connectivity index is 2.50. The van der Waals surface area contributed by atoms with Crippen LogP contribution in [0.1, 0.15) is 32.3 Å². The summed E-state index contributed by atoms with van der Waals surface area (Å²) in [6.45, 7) is 3.97. The van der Waals surface area contributed by atoms with Crippen LogP contribution in [-0.2, 0) is 16.1 Å². The summed E-state index contributed by atoms with van der Waals surface area (Å²) in [5.41, 5.74) is 5.94. The standard InChI is InChI=1S/C13H18BrNO2/c1-3-8-13(2,15)12(16)17-9-10-4-6-11(14)7-5-10/h4-7H,3,8-9,15H2,1-2H3. The van der Waals surface area contributed by atoms with Crippen LogP contribution in [0.2, 0.25) is 0 Å². The number of rotatable bonds is 5. The first-order valence-electron chi connectivity index (χ1n) is 5.66. The zero-order valence-electron chi connectivity index (χ0n) is 10.2. The van der Waals surface area contributed by atoms with Gasteiger partial charge >= 0.3 is 5.97 Å². The summed E-state index contributed by atoms with van der Waals surface area (Å²) < 4.78 is 6.21. The van der Waals surface area contributed by atoms with E-state index in [-0.39, 0.29) is 12.6 Å². The minimum absolute atomic E-state index is 0.266. The first kappa shape index (κ1) is 14.2. The summed E-state index contributed by atoms with van der Waals surface area (Å²) in [6.07, 6.45) is 1.49. The van der Waals surface area contributed by atoms with Gasteiger partial charge in [-0.25, -0.2) is 0 Å². The van der Waals surface area contributed by atoms with E-state index in [9.17, 15) is 4.79 Å². The first-order chi connectivity index (χ1) is 7.95. The summed E-state index contributed by atoms with van der Waals surface area (Å²) in [5.74, 6) is -0.345. The second kappa shape index (κ2) is 6.17. The van der Waals surface area contributed by atoms with Crippen LogP contribution in [0.4, 0.5) is 0 Å². The lowest BCUT2D eigenvalue weighted by molar-refractivity contribution is -0.151. The Labute approximate surface area is 110 Å². The molecule has 0 heterocycles. The Bertz CT molecular complexity index is 374. The van der Waals surface area contributed by atoms with Gasteiger partial charge < -0.3 is 10.5 Å². The van der Waals surface area contributed by atoms with Gasteiger partial charge in [-0.05, 0) is 31.0 Å². The number of esters is 1. The molecule has 0 saturated carbocycles. The van der Waals surface area contributed by atoms with E-state index in [1.807, 2.05) is 31.2 Å². The van der Waals surface area contributed by atoms with Crippen LogP contribution in [0.15, 0.2) is 28.7 Å². The Kier molecular flexibility index (Phi) is 5.15. The van der Waals surface area contributed by atoms with Crippen molar-refractivity contribution in [1.29, 1.82) is 0 Å².